The molecule has 18 heavy (non-hydrogen) atoms. The van der Waals surface area contributed by atoms with Crippen molar-refractivity contribution in [2.45, 2.75) is 26.2 Å². The fourth-order valence-electron chi connectivity index (χ4n) is 1.58. The molecule has 1 aromatic rings. The molecule has 0 atom stereocenters. The van der Waals surface area contributed by atoms with Crippen LogP contribution in [0.15, 0.2) is 18.2 Å². The highest BCUT2D eigenvalue weighted by Gasteiger charge is 2.02. The molecule has 0 aromatic heterocycles. The molecular weight excluding hydrogens is 252 g/mol. The van der Waals surface area contributed by atoms with Crippen LogP contribution in [0.1, 0.15) is 26.2 Å². The molecule has 0 bridgehead atoms. The van der Waals surface area contributed by atoms with E-state index in [1.165, 1.54) is 6.92 Å². The largest absolute Gasteiger partial charge is 0.396 e. The number of unbranched alkanes of at least 4 members (excludes halogenated alkanes) is 2. The lowest BCUT2D eigenvalue weighted by molar-refractivity contribution is -0.114. The van der Waals surface area contributed by atoms with E-state index in [-0.39, 0.29) is 12.5 Å². The third-order valence-electron chi connectivity index (χ3n) is 2.44. The molecule has 0 aliphatic heterocycles. The number of aliphatic hydroxyl groups excluding tert-OH is 1. The molecule has 0 fully saturated rings. The van der Waals surface area contributed by atoms with Crippen LogP contribution in [0.2, 0.25) is 5.02 Å². The molecule has 0 radical (unpaired) electrons. The number of anilines is 2. The molecule has 100 valence electrons. The highest BCUT2D eigenvalue weighted by atomic mass is 35.5. The molecule has 0 spiro atoms. The summed E-state index contributed by atoms with van der Waals surface area (Å²) in [4.78, 5) is 10.9. The second kappa shape index (κ2) is 7.95. The van der Waals surface area contributed by atoms with Crippen molar-refractivity contribution in [3.05, 3.63) is 23.2 Å². The van der Waals surface area contributed by atoms with E-state index in [1.54, 1.807) is 6.07 Å². The van der Waals surface area contributed by atoms with Gasteiger partial charge in [0, 0.05) is 25.8 Å². The van der Waals surface area contributed by atoms with Crippen LogP contribution in [-0.2, 0) is 4.79 Å². The van der Waals surface area contributed by atoms with Crippen LogP contribution in [0.4, 0.5) is 11.4 Å². The highest BCUT2D eigenvalue weighted by molar-refractivity contribution is 6.33. The number of hydrogen-bond donors (Lipinski definition) is 3. The summed E-state index contributed by atoms with van der Waals surface area (Å²) < 4.78 is 0. The van der Waals surface area contributed by atoms with E-state index in [4.69, 9.17) is 16.7 Å². The second-order valence-corrected chi connectivity index (χ2v) is 4.49. The lowest BCUT2D eigenvalue weighted by atomic mass is 10.2. The Morgan fingerprint density at radius 3 is 2.72 bits per heavy atom. The van der Waals surface area contributed by atoms with Crippen LogP contribution >= 0.6 is 11.6 Å². The quantitative estimate of drug-likeness (QED) is 0.668. The van der Waals surface area contributed by atoms with Gasteiger partial charge in [0.1, 0.15) is 0 Å². The average Bonchev–Trinajstić information content (AvgIpc) is 2.30. The summed E-state index contributed by atoms with van der Waals surface area (Å²) in [5, 5.41) is 15.1. The Balaban J connectivity index is 2.44. The Labute approximate surface area is 112 Å². The first-order valence-electron chi connectivity index (χ1n) is 6.05. The van der Waals surface area contributed by atoms with Crippen LogP contribution in [0.25, 0.3) is 0 Å². The Kier molecular flexibility index (Phi) is 6.54. The van der Waals surface area contributed by atoms with Crippen molar-refractivity contribution in [3.63, 3.8) is 0 Å². The van der Waals surface area contributed by atoms with Gasteiger partial charge in [0.15, 0.2) is 0 Å². The molecule has 5 heteroatoms. The summed E-state index contributed by atoms with van der Waals surface area (Å²) in [6, 6.07) is 5.38. The predicted octanol–water partition coefficient (Wildman–Crippen LogP) is 2.87. The van der Waals surface area contributed by atoms with Gasteiger partial charge in [-0.15, -0.1) is 0 Å². The number of rotatable bonds is 7. The summed E-state index contributed by atoms with van der Waals surface area (Å²) in [6.07, 6.45) is 2.81. The molecule has 1 aromatic carbocycles. The minimum absolute atomic E-state index is 0.115. The van der Waals surface area contributed by atoms with E-state index < -0.39 is 0 Å². The molecule has 1 amide bonds. The Hall–Kier alpha value is -1.26. The van der Waals surface area contributed by atoms with E-state index in [0.29, 0.717) is 10.7 Å². The second-order valence-electron chi connectivity index (χ2n) is 4.09. The summed E-state index contributed by atoms with van der Waals surface area (Å²) in [6.45, 7) is 2.52. The molecule has 3 N–H and O–H groups in total. The first kappa shape index (κ1) is 14.8. The number of aliphatic hydroxyl groups is 1. The van der Waals surface area contributed by atoms with Gasteiger partial charge in [0.25, 0.3) is 0 Å². The normalized spacial score (nSPS) is 10.2. The lowest BCUT2D eigenvalue weighted by Crippen LogP contribution is -2.06. The van der Waals surface area contributed by atoms with E-state index in [2.05, 4.69) is 10.6 Å². The van der Waals surface area contributed by atoms with Gasteiger partial charge in [-0.3, -0.25) is 4.79 Å². The third-order valence-corrected chi connectivity index (χ3v) is 2.75. The molecule has 0 aliphatic rings. The van der Waals surface area contributed by atoms with Crippen molar-refractivity contribution >= 4 is 28.9 Å². The van der Waals surface area contributed by atoms with Crippen molar-refractivity contribution in [2.75, 3.05) is 23.8 Å². The summed E-state index contributed by atoms with van der Waals surface area (Å²) >= 11 is 6.10. The fourth-order valence-corrected chi connectivity index (χ4v) is 1.82. The molecule has 4 nitrogen and oxygen atoms in total. The first-order chi connectivity index (χ1) is 8.63. The van der Waals surface area contributed by atoms with Gasteiger partial charge in [0.05, 0.1) is 10.7 Å². The molecule has 0 saturated heterocycles. The number of halogens is 1. The molecule has 1 rings (SSSR count). The molecule has 0 unspecified atom stereocenters. The van der Waals surface area contributed by atoms with Gasteiger partial charge in [-0.05, 0) is 37.5 Å². The minimum atomic E-state index is -0.115. The maximum Gasteiger partial charge on any atom is 0.221 e. The smallest absolute Gasteiger partial charge is 0.221 e. The number of carbonyl (C=O) groups excluding carboxylic acids is 1. The number of amides is 1. The predicted molar refractivity (Wildman–Crippen MR) is 75.2 cm³/mol. The number of carbonyl (C=O) groups is 1. The van der Waals surface area contributed by atoms with E-state index in [0.717, 1.165) is 31.5 Å². The first-order valence-corrected chi connectivity index (χ1v) is 6.43. The van der Waals surface area contributed by atoms with Gasteiger partial charge in [-0.2, -0.15) is 0 Å². The van der Waals surface area contributed by atoms with Gasteiger partial charge >= 0.3 is 0 Å². The van der Waals surface area contributed by atoms with Crippen LogP contribution in [0.3, 0.4) is 0 Å². The summed E-state index contributed by atoms with van der Waals surface area (Å²) in [5.74, 6) is -0.115. The van der Waals surface area contributed by atoms with Crippen molar-refractivity contribution < 1.29 is 9.90 Å². The van der Waals surface area contributed by atoms with Crippen molar-refractivity contribution in [2.24, 2.45) is 0 Å². The van der Waals surface area contributed by atoms with Gasteiger partial charge in [-0.25, -0.2) is 0 Å². The number of benzene rings is 1. The maximum absolute atomic E-state index is 10.9. The fraction of sp³-hybridized carbons (Fsp3) is 0.462. The Bertz CT molecular complexity index is 397. The van der Waals surface area contributed by atoms with Crippen LogP contribution in [0.5, 0.6) is 0 Å². The van der Waals surface area contributed by atoms with Gasteiger partial charge in [-0.1, -0.05) is 11.6 Å². The standard InChI is InChI=1S/C13H19ClN2O2/c1-10(18)16-11-5-6-13(12(14)9-11)15-7-3-2-4-8-17/h5-6,9,15,17H,2-4,7-8H2,1H3,(H,16,18). The van der Waals surface area contributed by atoms with E-state index in [9.17, 15) is 4.79 Å². The summed E-state index contributed by atoms with van der Waals surface area (Å²) in [7, 11) is 0. The molecule has 0 aliphatic carbocycles. The molecular formula is C13H19ClN2O2. The zero-order valence-electron chi connectivity index (χ0n) is 10.5. The zero-order valence-corrected chi connectivity index (χ0v) is 11.3. The Morgan fingerprint density at radius 1 is 1.33 bits per heavy atom. The Morgan fingerprint density at radius 2 is 2.11 bits per heavy atom. The van der Waals surface area contributed by atoms with Gasteiger partial charge in [0.2, 0.25) is 5.91 Å². The van der Waals surface area contributed by atoms with Crippen molar-refractivity contribution in [1.82, 2.24) is 0 Å². The summed E-state index contributed by atoms with van der Waals surface area (Å²) in [5.41, 5.74) is 1.55. The van der Waals surface area contributed by atoms with Gasteiger partial charge < -0.3 is 15.7 Å². The lowest BCUT2D eigenvalue weighted by Gasteiger charge is -2.10. The zero-order chi connectivity index (χ0) is 13.4. The molecule has 0 heterocycles. The monoisotopic (exact) mass is 270 g/mol. The SMILES string of the molecule is CC(=O)Nc1ccc(NCCCCCO)c(Cl)c1. The van der Waals surface area contributed by atoms with Crippen LogP contribution in [-0.4, -0.2) is 24.2 Å². The van der Waals surface area contributed by atoms with E-state index >= 15 is 0 Å². The number of hydrogen-bond acceptors (Lipinski definition) is 3. The minimum Gasteiger partial charge on any atom is -0.396 e. The average molecular weight is 271 g/mol. The highest BCUT2D eigenvalue weighted by Crippen LogP contribution is 2.25. The molecule has 0 saturated carbocycles. The van der Waals surface area contributed by atoms with Crippen LogP contribution < -0.4 is 10.6 Å². The number of nitrogens with one attached hydrogen (secondary N) is 2. The van der Waals surface area contributed by atoms with Crippen molar-refractivity contribution in [1.29, 1.82) is 0 Å². The van der Waals surface area contributed by atoms with E-state index in [1.807, 2.05) is 12.1 Å². The third kappa shape index (κ3) is 5.38. The van der Waals surface area contributed by atoms with Crippen molar-refractivity contribution in [3.8, 4) is 0 Å². The van der Waals surface area contributed by atoms with Crippen LogP contribution in [0, 0.1) is 0 Å². The maximum atomic E-state index is 10.9. The topological polar surface area (TPSA) is 61.4 Å².